The molecular weight excluding hydrogens is 414 g/mol. The molecule has 0 aliphatic carbocycles. The van der Waals surface area contributed by atoms with Crippen LogP contribution in [0.5, 0.6) is 5.75 Å². The first-order chi connectivity index (χ1) is 13.9. The van der Waals surface area contributed by atoms with E-state index in [0.29, 0.717) is 38.1 Å². The smallest absolute Gasteiger partial charge is 0.200 e. The maximum Gasteiger partial charge on any atom is 0.200 e. The third kappa shape index (κ3) is 3.86. The van der Waals surface area contributed by atoms with Gasteiger partial charge in [0.05, 0.1) is 16.0 Å². The summed E-state index contributed by atoms with van der Waals surface area (Å²) in [6.07, 6.45) is 0. The zero-order valence-corrected chi connectivity index (χ0v) is 16.9. The topological polar surface area (TPSA) is 39.4 Å². The van der Waals surface area contributed by atoms with Crippen molar-refractivity contribution in [1.29, 1.82) is 0 Å². The molecule has 0 aliphatic rings. The summed E-state index contributed by atoms with van der Waals surface area (Å²) in [5.74, 6) is 0.492. The summed E-state index contributed by atoms with van der Waals surface area (Å²) in [4.78, 5) is 13.0. The van der Waals surface area contributed by atoms with E-state index in [1.54, 1.807) is 55.5 Å². The van der Waals surface area contributed by atoms with Crippen LogP contribution in [-0.2, 0) is 6.61 Å². The van der Waals surface area contributed by atoms with Crippen molar-refractivity contribution in [3.63, 3.8) is 0 Å². The summed E-state index contributed by atoms with van der Waals surface area (Å²) in [5, 5.41) is 1.31. The predicted octanol–water partition coefficient (Wildman–Crippen LogP) is 6.79. The molecule has 1 heterocycles. The van der Waals surface area contributed by atoms with Crippen molar-refractivity contribution < 1.29 is 13.5 Å². The molecule has 0 atom stereocenters. The van der Waals surface area contributed by atoms with Crippen LogP contribution in [0.25, 0.3) is 22.1 Å². The van der Waals surface area contributed by atoms with Gasteiger partial charge < -0.3 is 9.15 Å². The zero-order chi connectivity index (χ0) is 20.5. The Labute approximate surface area is 176 Å². The number of rotatable bonds is 4. The summed E-state index contributed by atoms with van der Waals surface area (Å²) >= 11 is 12.0. The van der Waals surface area contributed by atoms with Crippen LogP contribution in [0.15, 0.2) is 69.9 Å². The Hall–Kier alpha value is -2.82. The molecule has 0 saturated carbocycles. The monoisotopic (exact) mass is 428 g/mol. The van der Waals surface area contributed by atoms with Crippen molar-refractivity contribution >= 4 is 34.2 Å². The fourth-order valence-corrected chi connectivity index (χ4v) is 3.50. The summed E-state index contributed by atoms with van der Waals surface area (Å²) in [7, 11) is 0. The van der Waals surface area contributed by atoms with Crippen LogP contribution in [-0.4, -0.2) is 0 Å². The average molecular weight is 429 g/mol. The summed E-state index contributed by atoms with van der Waals surface area (Å²) in [6.45, 7) is 1.69. The summed E-state index contributed by atoms with van der Waals surface area (Å²) in [6, 6.07) is 16.4. The molecule has 0 aliphatic heterocycles. The first kappa shape index (κ1) is 19.5. The second kappa shape index (κ2) is 7.90. The molecule has 0 fully saturated rings. The van der Waals surface area contributed by atoms with E-state index in [0.717, 1.165) is 5.56 Å². The van der Waals surface area contributed by atoms with Crippen molar-refractivity contribution in [2.24, 2.45) is 0 Å². The molecule has 29 heavy (non-hydrogen) atoms. The first-order valence-electron chi connectivity index (χ1n) is 8.83. The standard InChI is InChI=1S/C23H15Cl2FO3/c1-13-22(14-5-7-15(24)8-6-14)23(27)17-10-9-16(11-21(17)29-13)28-12-18-19(25)3-2-4-20(18)26/h2-11H,12H2,1H3. The van der Waals surface area contributed by atoms with E-state index in [9.17, 15) is 9.18 Å². The second-order valence-electron chi connectivity index (χ2n) is 6.52. The minimum absolute atomic E-state index is 0.0386. The van der Waals surface area contributed by atoms with Gasteiger partial charge in [-0.1, -0.05) is 41.4 Å². The molecule has 0 bridgehead atoms. The van der Waals surface area contributed by atoms with Gasteiger partial charge in [-0.2, -0.15) is 0 Å². The van der Waals surface area contributed by atoms with Crippen molar-refractivity contribution in [3.05, 3.63) is 98.1 Å². The van der Waals surface area contributed by atoms with Crippen molar-refractivity contribution in [1.82, 2.24) is 0 Å². The van der Waals surface area contributed by atoms with Crippen molar-refractivity contribution in [3.8, 4) is 16.9 Å². The highest BCUT2D eigenvalue weighted by molar-refractivity contribution is 6.31. The van der Waals surface area contributed by atoms with Gasteiger partial charge in [0, 0.05) is 16.7 Å². The van der Waals surface area contributed by atoms with Crippen molar-refractivity contribution in [2.45, 2.75) is 13.5 Å². The van der Waals surface area contributed by atoms with E-state index < -0.39 is 5.82 Å². The molecule has 3 aromatic carbocycles. The van der Waals surface area contributed by atoms with Crippen molar-refractivity contribution in [2.75, 3.05) is 0 Å². The maximum absolute atomic E-state index is 13.9. The quantitative estimate of drug-likeness (QED) is 0.359. The highest BCUT2D eigenvalue weighted by Crippen LogP contribution is 2.28. The molecule has 146 valence electrons. The maximum atomic E-state index is 13.9. The molecular formula is C23H15Cl2FO3. The lowest BCUT2D eigenvalue weighted by Gasteiger charge is -2.11. The normalized spacial score (nSPS) is 11.0. The van der Waals surface area contributed by atoms with E-state index in [-0.39, 0.29) is 17.6 Å². The Morgan fingerprint density at radius 3 is 2.52 bits per heavy atom. The SMILES string of the molecule is Cc1oc2cc(OCc3c(F)cccc3Cl)ccc2c(=O)c1-c1ccc(Cl)cc1. The van der Waals surface area contributed by atoms with E-state index >= 15 is 0 Å². The Balaban J connectivity index is 1.69. The highest BCUT2D eigenvalue weighted by atomic mass is 35.5. The van der Waals surface area contributed by atoms with Gasteiger partial charge in [-0.25, -0.2) is 4.39 Å². The van der Waals surface area contributed by atoms with E-state index in [1.165, 1.54) is 12.1 Å². The third-order valence-corrected chi connectivity index (χ3v) is 5.22. The van der Waals surface area contributed by atoms with Crippen LogP contribution in [0, 0.1) is 12.7 Å². The molecule has 0 N–H and O–H groups in total. The largest absolute Gasteiger partial charge is 0.489 e. The number of halogens is 3. The van der Waals surface area contributed by atoms with Gasteiger partial charge in [-0.3, -0.25) is 4.79 Å². The van der Waals surface area contributed by atoms with E-state index in [1.807, 2.05) is 0 Å². The number of ether oxygens (including phenoxy) is 1. The summed E-state index contributed by atoms with van der Waals surface area (Å²) in [5.41, 5.74) is 1.74. The highest BCUT2D eigenvalue weighted by Gasteiger charge is 2.15. The molecule has 4 aromatic rings. The first-order valence-corrected chi connectivity index (χ1v) is 9.59. The molecule has 6 heteroatoms. The molecule has 0 spiro atoms. The van der Waals surface area contributed by atoms with Crippen LogP contribution in [0.3, 0.4) is 0 Å². The number of hydrogen-bond donors (Lipinski definition) is 0. The Bertz CT molecular complexity index is 1240. The lowest BCUT2D eigenvalue weighted by atomic mass is 10.0. The van der Waals surface area contributed by atoms with Crippen LogP contribution < -0.4 is 10.2 Å². The Morgan fingerprint density at radius 2 is 1.79 bits per heavy atom. The van der Waals surface area contributed by atoms with E-state index in [2.05, 4.69) is 0 Å². The molecule has 0 radical (unpaired) electrons. The predicted molar refractivity (Wildman–Crippen MR) is 113 cm³/mol. The number of hydrogen-bond acceptors (Lipinski definition) is 3. The fraction of sp³-hybridized carbons (Fsp3) is 0.0870. The van der Waals surface area contributed by atoms with Crippen LogP contribution >= 0.6 is 23.2 Å². The van der Waals surface area contributed by atoms with Crippen LogP contribution in [0.2, 0.25) is 10.0 Å². The van der Waals surface area contributed by atoms with Gasteiger partial charge >= 0.3 is 0 Å². The molecule has 0 amide bonds. The lowest BCUT2D eigenvalue weighted by Crippen LogP contribution is -2.07. The molecule has 3 nitrogen and oxygen atoms in total. The Kier molecular flexibility index (Phi) is 5.31. The Morgan fingerprint density at radius 1 is 1.03 bits per heavy atom. The second-order valence-corrected chi connectivity index (χ2v) is 7.36. The zero-order valence-electron chi connectivity index (χ0n) is 15.3. The molecule has 0 saturated heterocycles. The minimum Gasteiger partial charge on any atom is -0.489 e. The summed E-state index contributed by atoms with van der Waals surface area (Å²) < 4.78 is 25.5. The fourth-order valence-electron chi connectivity index (χ4n) is 3.15. The van der Waals surface area contributed by atoms with E-state index in [4.69, 9.17) is 32.4 Å². The van der Waals surface area contributed by atoms with Gasteiger partial charge in [0.15, 0.2) is 0 Å². The van der Waals surface area contributed by atoms with Gasteiger partial charge in [0.2, 0.25) is 5.43 Å². The molecule has 0 unspecified atom stereocenters. The number of benzene rings is 3. The number of fused-ring (bicyclic) bond motifs is 1. The average Bonchev–Trinajstić information content (AvgIpc) is 2.69. The number of aryl methyl sites for hydroxylation is 1. The van der Waals surface area contributed by atoms with Crippen LogP contribution in [0.1, 0.15) is 11.3 Å². The van der Waals surface area contributed by atoms with Crippen LogP contribution in [0.4, 0.5) is 4.39 Å². The minimum atomic E-state index is -0.437. The van der Waals surface area contributed by atoms with Gasteiger partial charge in [0.1, 0.15) is 29.5 Å². The van der Waals surface area contributed by atoms with Gasteiger partial charge in [-0.15, -0.1) is 0 Å². The van der Waals surface area contributed by atoms with Gasteiger partial charge in [-0.05, 0) is 48.9 Å². The molecule has 1 aromatic heterocycles. The van der Waals surface area contributed by atoms with Gasteiger partial charge in [0.25, 0.3) is 0 Å². The lowest BCUT2D eigenvalue weighted by molar-refractivity contribution is 0.300. The third-order valence-electron chi connectivity index (χ3n) is 4.62. The molecule has 4 rings (SSSR count).